The fourth-order valence-electron chi connectivity index (χ4n) is 2.58. The van der Waals surface area contributed by atoms with E-state index in [9.17, 15) is 4.79 Å². The van der Waals surface area contributed by atoms with Crippen LogP contribution in [0.25, 0.3) is 0 Å². The van der Waals surface area contributed by atoms with Gasteiger partial charge in [0, 0.05) is 19.1 Å². The minimum absolute atomic E-state index is 0.00467. The fraction of sp³-hybridized carbons (Fsp3) is 0.909. The number of piperidine rings is 1. The Balaban J connectivity index is 1.85. The molecule has 0 aromatic carbocycles. The number of hydrogen-bond donors (Lipinski definition) is 2. The van der Waals surface area contributed by atoms with Crippen molar-refractivity contribution in [3.05, 3.63) is 0 Å². The number of nitrogens with zero attached hydrogens (tertiary/aromatic N) is 1. The molecular weight excluding hydrogens is 206 g/mol. The molecule has 3 N–H and O–H groups in total. The Morgan fingerprint density at radius 1 is 1.62 bits per heavy atom. The van der Waals surface area contributed by atoms with Gasteiger partial charge in [0.1, 0.15) is 6.10 Å². The lowest BCUT2D eigenvalue weighted by Gasteiger charge is -2.38. The van der Waals surface area contributed by atoms with Gasteiger partial charge >= 0.3 is 6.09 Å². The Morgan fingerprint density at radius 2 is 2.44 bits per heavy atom. The van der Waals surface area contributed by atoms with Crippen LogP contribution in [0.5, 0.6) is 0 Å². The normalized spacial score (nSPS) is 35.9. The second-order valence-corrected chi connectivity index (χ2v) is 4.92. The first-order valence-electron chi connectivity index (χ1n) is 6.07. The molecule has 92 valence electrons. The molecule has 0 aromatic heterocycles. The molecule has 3 unspecified atom stereocenters. The number of cyclic esters (lactones) is 1. The van der Waals surface area contributed by atoms with Crippen LogP contribution in [0.3, 0.4) is 0 Å². The van der Waals surface area contributed by atoms with Crippen LogP contribution in [0, 0.1) is 5.92 Å². The predicted octanol–water partition coefficient (Wildman–Crippen LogP) is 0.154. The molecule has 0 saturated carbocycles. The molecule has 0 bridgehead atoms. The summed E-state index contributed by atoms with van der Waals surface area (Å²) in [7, 11) is 0. The summed E-state index contributed by atoms with van der Waals surface area (Å²) < 4.78 is 5.15. The van der Waals surface area contributed by atoms with E-state index in [2.05, 4.69) is 17.1 Å². The molecule has 5 nitrogen and oxygen atoms in total. The van der Waals surface area contributed by atoms with Gasteiger partial charge in [-0.05, 0) is 25.3 Å². The summed E-state index contributed by atoms with van der Waals surface area (Å²) in [4.78, 5) is 13.3. The van der Waals surface area contributed by atoms with Gasteiger partial charge in [0.2, 0.25) is 0 Å². The molecule has 5 heteroatoms. The van der Waals surface area contributed by atoms with Crippen molar-refractivity contribution in [1.29, 1.82) is 0 Å². The van der Waals surface area contributed by atoms with Crippen LogP contribution < -0.4 is 11.1 Å². The van der Waals surface area contributed by atoms with Crippen molar-refractivity contribution in [3.8, 4) is 0 Å². The van der Waals surface area contributed by atoms with Gasteiger partial charge in [-0.1, -0.05) is 6.92 Å². The summed E-state index contributed by atoms with van der Waals surface area (Å²) >= 11 is 0. The maximum atomic E-state index is 10.9. The first kappa shape index (κ1) is 11.7. The number of nitrogens with one attached hydrogen (secondary N) is 1. The number of likely N-dealkylation sites (tertiary alicyclic amines) is 1. The minimum atomic E-state index is -0.292. The topological polar surface area (TPSA) is 67.6 Å². The van der Waals surface area contributed by atoms with Crippen LogP contribution in [0.4, 0.5) is 4.79 Å². The van der Waals surface area contributed by atoms with Crippen LogP contribution in [-0.2, 0) is 4.74 Å². The highest BCUT2D eigenvalue weighted by Crippen LogP contribution is 2.22. The van der Waals surface area contributed by atoms with Crippen LogP contribution in [0.2, 0.25) is 0 Å². The van der Waals surface area contributed by atoms with Gasteiger partial charge in [-0.3, -0.25) is 4.90 Å². The molecule has 0 radical (unpaired) electrons. The zero-order chi connectivity index (χ0) is 11.5. The second kappa shape index (κ2) is 5.01. The van der Waals surface area contributed by atoms with E-state index >= 15 is 0 Å². The maximum Gasteiger partial charge on any atom is 0.407 e. The highest BCUT2D eigenvalue weighted by molar-refractivity contribution is 5.69. The monoisotopic (exact) mass is 227 g/mol. The van der Waals surface area contributed by atoms with E-state index in [-0.39, 0.29) is 12.2 Å². The van der Waals surface area contributed by atoms with Gasteiger partial charge in [0.15, 0.2) is 0 Å². The lowest BCUT2D eigenvalue weighted by atomic mass is 9.92. The fourth-order valence-corrected chi connectivity index (χ4v) is 2.58. The third-order valence-corrected chi connectivity index (χ3v) is 3.56. The molecule has 0 aliphatic carbocycles. The summed E-state index contributed by atoms with van der Waals surface area (Å²) in [6.07, 6.45) is 2.07. The summed E-state index contributed by atoms with van der Waals surface area (Å²) in [5.41, 5.74) is 5.79. The summed E-state index contributed by atoms with van der Waals surface area (Å²) in [6, 6.07) is 0.447. The number of amides is 1. The SMILES string of the molecule is CC1CCN(CC2CNC(=O)O2)C(CN)C1. The van der Waals surface area contributed by atoms with Crippen molar-refractivity contribution in [2.75, 3.05) is 26.2 Å². The Kier molecular flexibility index (Phi) is 3.66. The Labute approximate surface area is 96.3 Å². The average Bonchev–Trinajstić information content (AvgIpc) is 2.67. The first-order valence-corrected chi connectivity index (χ1v) is 6.07. The van der Waals surface area contributed by atoms with Crippen LogP contribution in [0.15, 0.2) is 0 Å². The average molecular weight is 227 g/mol. The first-order chi connectivity index (χ1) is 7.69. The maximum absolute atomic E-state index is 10.9. The van der Waals surface area contributed by atoms with Crippen molar-refractivity contribution in [3.63, 3.8) is 0 Å². The molecule has 16 heavy (non-hydrogen) atoms. The van der Waals surface area contributed by atoms with Gasteiger partial charge < -0.3 is 15.8 Å². The van der Waals surface area contributed by atoms with Crippen LogP contribution in [-0.4, -0.2) is 49.3 Å². The smallest absolute Gasteiger partial charge is 0.407 e. The summed E-state index contributed by atoms with van der Waals surface area (Å²) in [5.74, 6) is 0.758. The van der Waals surface area contributed by atoms with E-state index < -0.39 is 0 Å². The molecule has 2 saturated heterocycles. The largest absolute Gasteiger partial charge is 0.443 e. The van der Waals surface area contributed by atoms with Crippen molar-refractivity contribution < 1.29 is 9.53 Å². The number of nitrogens with two attached hydrogens (primary N) is 1. The van der Waals surface area contributed by atoms with E-state index in [0.717, 1.165) is 25.4 Å². The van der Waals surface area contributed by atoms with E-state index in [1.165, 1.54) is 6.42 Å². The third kappa shape index (κ3) is 2.65. The highest BCUT2D eigenvalue weighted by Gasteiger charge is 2.30. The lowest BCUT2D eigenvalue weighted by molar-refractivity contribution is 0.0628. The molecular formula is C11H21N3O2. The van der Waals surface area contributed by atoms with E-state index in [4.69, 9.17) is 10.5 Å². The number of carbonyl (C=O) groups is 1. The van der Waals surface area contributed by atoms with Gasteiger partial charge in [0.25, 0.3) is 0 Å². The Hall–Kier alpha value is -0.810. The molecule has 2 fully saturated rings. The molecule has 0 spiro atoms. The molecule has 3 atom stereocenters. The van der Waals surface area contributed by atoms with Gasteiger partial charge in [-0.2, -0.15) is 0 Å². The molecule has 2 aliphatic rings. The molecule has 2 heterocycles. The lowest BCUT2D eigenvalue weighted by Crippen LogP contribution is -2.49. The van der Waals surface area contributed by atoms with Gasteiger partial charge in [-0.15, -0.1) is 0 Å². The quantitative estimate of drug-likeness (QED) is 0.720. The van der Waals surface area contributed by atoms with Crippen molar-refractivity contribution >= 4 is 6.09 Å². The molecule has 2 aliphatic heterocycles. The molecule has 1 amide bonds. The number of rotatable bonds is 3. The zero-order valence-electron chi connectivity index (χ0n) is 9.82. The summed E-state index contributed by atoms with van der Waals surface area (Å²) in [5, 5.41) is 2.68. The van der Waals surface area contributed by atoms with Crippen molar-refractivity contribution in [2.45, 2.75) is 31.9 Å². The van der Waals surface area contributed by atoms with E-state index in [1.54, 1.807) is 0 Å². The third-order valence-electron chi connectivity index (χ3n) is 3.56. The Morgan fingerprint density at radius 3 is 3.06 bits per heavy atom. The van der Waals surface area contributed by atoms with Crippen LogP contribution >= 0.6 is 0 Å². The van der Waals surface area contributed by atoms with Crippen molar-refractivity contribution in [2.24, 2.45) is 11.7 Å². The number of ether oxygens (including phenoxy) is 1. The number of hydrogen-bond acceptors (Lipinski definition) is 4. The minimum Gasteiger partial charge on any atom is -0.443 e. The van der Waals surface area contributed by atoms with E-state index in [1.807, 2.05) is 0 Å². The van der Waals surface area contributed by atoms with Gasteiger partial charge in [-0.25, -0.2) is 4.79 Å². The number of carbonyl (C=O) groups excluding carboxylic acids is 1. The highest BCUT2D eigenvalue weighted by atomic mass is 16.6. The zero-order valence-corrected chi connectivity index (χ0v) is 9.82. The van der Waals surface area contributed by atoms with Crippen LogP contribution in [0.1, 0.15) is 19.8 Å². The summed E-state index contributed by atoms with van der Waals surface area (Å²) in [6.45, 7) is 5.47. The van der Waals surface area contributed by atoms with Gasteiger partial charge in [0.05, 0.1) is 6.54 Å². The number of alkyl carbamates (subject to hydrolysis) is 1. The predicted molar refractivity (Wildman–Crippen MR) is 61.1 cm³/mol. The Bertz CT molecular complexity index is 260. The van der Waals surface area contributed by atoms with E-state index in [0.29, 0.717) is 19.1 Å². The standard InChI is InChI=1S/C11H21N3O2/c1-8-2-3-14(9(4-8)5-12)7-10-6-13-11(15)16-10/h8-10H,2-7,12H2,1H3,(H,13,15). The molecule has 0 aromatic rings. The second-order valence-electron chi connectivity index (χ2n) is 4.92. The van der Waals surface area contributed by atoms with Crippen molar-refractivity contribution in [1.82, 2.24) is 10.2 Å². The molecule has 2 rings (SSSR count).